The standard InChI is InChI=1S/C17H16N4/c1-21-15(14-9-5-6-12-18-14)19-20-16(21)17(10-11-17)13-7-3-2-4-8-13/h2-9,12H,10-11H2,1H3. The van der Waals surface area contributed by atoms with Crippen molar-refractivity contribution in [3.63, 3.8) is 0 Å². The summed E-state index contributed by atoms with van der Waals surface area (Å²) in [5.74, 6) is 1.86. The van der Waals surface area contributed by atoms with Crippen LogP contribution in [-0.4, -0.2) is 19.7 Å². The summed E-state index contributed by atoms with van der Waals surface area (Å²) in [5.41, 5.74) is 2.23. The fourth-order valence-electron chi connectivity index (χ4n) is 2.99. The van der Waals surface area contributed by atoms with Crippen LogP contribution in [0.3, 0.4) is 0 Å². The third-order valence-electron chi connectivity index (χ3n) is 4.27. The van der Waals surface area contributed by atoms with Crippen molar-refractivity contribution in [2.45, 2.75) is 18.3 Å². The van der Waals surface area contributed by atoms with Crippen LogP contribution in [0.1, 0.15) is 24.2 Å². The van der Waals surface area contributed by atoms with Gasteiger partial charge in [-0.3, -0.25) is 4.98 Å². The van der Waals surface area contributed by atoms with Gasteiger partial charge in [0.25, 0.3) is 0 Å². The second kappa shape index (κ2) is 4.52. The van der Waals surface area contributed by atoms with Gasteiger partial charge in [-0.1, -0.05) is 36.4 Å². The zero-order valence-electron chi connectivity index (χ0n) is 11.9. The molecule has 21 heavy (non-hydrogen) atoms. The zero-order chi connectivity index (χ0) is 14.3. The molecule has 0 unspecified atom stereocenters. The van der Waals surface area contributed by atoms with Gasteiger partial charge in [-0.2, -0.15) is 0 Å². The first-order valence-electron chi connectivity index (χ1n) is 7.18. The summed E-state index contributed by atoms with van der Waals surface area (Å²) in [4.78, 5) is 4.38. The predicted molar refractivity (Wildman–Crippen MR) is 80.7 cm³/mol. The van der Waals surface area contributed by atoms with Crippen molar-refractivity contribution in [2.24, 2.45) is 7.05 Å². The number of hydrogen-bond donors (Lipinski definition) is 0. The monoisotopic (exact) mass is 276 g/mol. The van der Waals surface area contributed by atoms with E-state index in [1.807, 2.05) is 25.2 Å². The Bertz CT molecular complexity index is 758. The van der Waals surface area contributed by atoms with Gasteiger partial charge in [0.15, 0.2) is 5.82 Å². The summed E-state index contributed by atoms with van der Waals surface area (Å²) >= 11 is 0. The van der Waals surface area contributed by atoms with Gasteiger partial charge in [0, 0.05) is 13.2 Å². The fourth-order valence-corrected chi connectivity index (χ4v) is 2.99. The smallest absolute Gasteiger partial charge is 0.182 e. The number of benzene rings is 1. The second-order valence-corrected chi connectivity index (χ2v) is 5.57. The molecule has 1 saturated carbocycles. The summed E-state index contributed by atoms with van der Waals surface area (Å²) in [7, 11) is 2.03. The molecule has 0 atom stereocenters. The Hall–Kier alpha value is -2.49. The van der Waals surface area contributed by atoms with Crippen LogP contribution in [0.5, 0.6) is 0 Å². The number of aromatic nitrogens is 4. The first kappa shape index (κ1) is 12.3. The van der Waals surface area contributed by atoms with Crippen molar-refractivity contribution < 1.29 is 0 Å². The maximum absolute atomic E-state index is 4.48. The normalized spacial score (nSPS) is 15.9. The molecule has 4 rings (SSSR count). The Labute approximate surface area is 123 Å². The van der Waals surface area contributed by atoms with Crippen molar-refractivity contribution in [1.82, 2.24) is 19.7 Å². The molecule has 0 radical (unpaired) electrons. The summed E-state index contributed by atoms with van der Waals surface area (Å²) < 4.78 is 2.09. The third kappa shape index (κ3) is 1.87. The van der Waals surface area contributed by atoms with Crippen molar-refractivity contribution in [3.05, 3.63) is 66.1 Å². The lowest BCUT2D eigenvalue weighted by Crippen LogP contribution is -2.15. The lowest BCUT2D eigenvalue weighted by atomic mass is 9.95. The van der Waals surface area contributed by atoms with Crippen LogP contribution < -0.4 is 0 Å². The molecule has 0 N–H and O–H groups in total. The fraction of sp³-hybridized carbons (Fsp3) is 0.235. The Morgan fingerprint density at radius 3 is 2.38 bits per heavy atom. The largest absolute Gasteiger partial charge is 0.312 e. The summed E-state index contributed by atoms with van der Waals surface area (Å²) in [6.07, 6.45) is 4.05. The minimum atomic E-state index is 0.0377. The van der Waals surface area contributed by atoms with Crippen LogP contribution >= 0.6 is 0 Å². The van der Waals surface area contributed by atoms with Gasteiger partial charge in [-0.15, -0.1) is 10.2 Å². The molecule has 4 heteroatoms. The number of rotatable bonds is 3. The van der Waals surface area contributed by atoms with Crippen LogP contribution in [0.4, 0.5) is 0 Å². The molecule has 2 aromatic heterocycles. The average molecular weight is 276 g/mol. The van der Waals surface area contributed by atoms with E-state index in [-0.39, 0.29) is 5.41 Å². The first-order chi connectivity index (χ1) is 10.3. The Morgan fingerprint density at radius 2 is 1.71 bits per heavy atom. The number of hydrogen-bond acceptors (Lipinski definition) is 3. The first-order valence-corrected chi connectivity index (χ1v) is 7.18. The Balaban J connectivity index is 1.80. The SMILES string of the molecule is Cn1c(-c2ccccn2)nnc1C1(c2ccccc2)CC1. The third-order valence-corrected chi connectivity index (χ3v) is 4.27. The van der Waals surface area contributed by atoms with E-state index >= 15 is 0 Å². The van der Waals surface area contributed by atoms with Gasteiger partial charge in [0.1, 0.15) is 11.5 Å². The molecule has 2 heterocycles. The van der Waals surface area contributed by atoms with Crippen LogP contribution in [0.25, 0.3) is 11.5 Å². The predicted octanol–water partition coefficient (Wildman–Crippen LogP) is 2.96. The van der Waals surface area contributed by atoms with Gasteiger partial charge in [0.2, 0.25) is 0 Å². The Kier molecular flexibility index (Phi) is 2.64. The van der Waals surface area contributed by atoms with Crippen LogP contribution in [0, 0.1) is 0 Å². The highest BCUT2D eigenvalue weighted by Crippen LogP contribution is 2.52. The molecule has 0 aliphatic heterocycles. The summed E-state index contributed by atoms with van der Waals surface area (Å²) in [5, 5.41) is 8.84. The topological polar surface area (TPSA) is 43.6 Å². The maximum atomic E-state index is 4.48. The molecule has 1 fully saturated rings. The van der Waals surface area contributed by atoms with Crippen LogP contribution in [0.2, 0.25) is 0 Å². The van der Waals surface area contributed by atoms with E-state index in [1.54, 1.807) is 6.20 Å². The molecule has 0 saturated heterocycles. The van der Waals surface area contributed by atoms with Crippen LogP contribution in [0.15, 0.2) is 54.7 Å². The highest BCUT2D eigenvalue weighted by Gasteiger charge is 2.49. The van der Waals surface area contributed by atoms with Gasteiger partial charge in [-0.25, -0.2) is 0 Å². The minimum absolute atomic E-state index is 0.0377. The molecule has 1 aliphatic rings. The molecule has 0 amide bonds. The van der Waals surface area contributed by atoms with E-state index in [4.69, 9.17) is 0 Å². The zero-order valence-corrected chi connectivity index (χ0v) is 11.9. The second-order valence-electron chi connectivity index (χ2n) is 5.57. The van der Waals surface area contributed by atoms with E-state index in [1.165, 1.54) is 5.56 Å². The van der Waals surface area contributed by atoms with E-state index in [0.717, 1.165) is 30.2 Å². The highest BCUT2D eigenvalue weighted by molar-refractivity contribution is 5.51. The molecule has 4 nitrogen and oxygen atoms in total. The molecule has 104 valence electrons. The molecular formula is C17H16N4. The molecular weight excluding hydrogens is 260 g/mol. The molecule has 0 spiro atoms. The number of nitrogens with zero attached hydrogens (tertiary/aromatic N) is 4. The van der Waals surface area contributed by atoms with E-state index in [0.29, 0.717) is 0 Å². The molecule has 0 bridgehead atoms. The van der Waals surface area contributed by atoms with Crippen molar-refractivity contribution in [2.75, 3.05) is 0 Å². The highest BCUT2D eigenvalue weighted by atomic mass is 15.3. The minimum Gasteiger partial charge on any atom is -0.312 e. The van der Waals surface area contributed by atoms with Gasteiger partial charge < -0.3 is 4.57 Å². The van der Waals surface area contributed by atoms with Crippen LogP contribution in [-0.2, 0) is 12.5 Å². The van der Waals surface area contributed by atoms with Gasteiger partial charge in [0.05, 0.1) is 5.41 Å². The summed E-state index contributed by atoms with van der Waals surface area (Å²) in [6.45, 7) is 0. The van der Waals surface area contributed by atoms with Gasteiger partial charge >= 0.3 is 0 Å². The van der Waals surface area contributed by atoms with E-state index in [9.17, 15) is 0 Å². The van der Waals surface area contributed by atoms with Crippen molar-refractivity contribution in [1.29, 1.82) is 0 Å². The lowest BCUT2D eigenvalue weighted by molar-refractivity contribution is 0.693. The maximum Gasteiger partial charge on any atom is 0.182 e. The number of pyridine rings is 1. The Morgan fingerprint density at radius 1 is 0.952 bits per heavy atom. The lowest BCUT2D eigenvalue weighted by Gasteiger charge is -2.15. The van der Waals surface area contributed by atoms with E-state index in [2.05, 4.69) is 50.1 Å². The van der Waals surface area contributed by atoms with Crippen molar-refractivity contribution >= 4 is 0 Å². The van der Waals surface area contributed by atoms with Crippen molar-refractivity contribution in [3.8, 4) is 11.5 Å². The molecule has 1 aliphatic carbocycles. The molecule has 3 aromatic rings. The van der Waals surface area contributed by atoms with Gasteiger partial charge in [-0.05, 0) is 30.5 Å². The quantitative estimate of drug-likeness (QED) is 0.738. The molecule has 1 aromatic carbocycles. The summed E-state index contributed by atoms with van der Waals surface area (Å²) in [6, 6.07) is 16.4. The average Bonchev–Trinajstić information content (AvgIpc) is 3.26. The van der Waals surface area contributed by atoms with E-state index < -0.39 is 0 Å².